The molecule has 0 radical (unpaired) electrons. The third-order valence-corrected chi connectivity index (χ3v) is 4.43. The molecule has 3 rings (SSSR count). The molecule has 3 aliphatic rings. The second kappa shape index (κ2) is 7.92. The number of amides is 3. The SMILES string of the molecule is CC(=O)OC[C@H]1O[C@@H](N2C(=O)NC3([18OH])C(=O)NC(=N)N=C23)[C@H](OC(C)=O)[C@@H]1OC(C)=O. The number of carbonyl (C=O) groups excluding carboxylic acids is 5. The number of urea groups is 1. The molecule has 15 nitrogen and oxygen atoms in total. The van der Waals surface area contributed by atoms with Gasteiger partial charge in [0.2, 0.25) is 5.96 Å². The molecule has 0 aliphatic carbocycles. The molecular formula is C16H19N5O10. The number of nitrogens with zero attached hydrogens (tertiary/aromatic N) is 2. The highest BCUT2D eigenvalue weighted by Gasteiger charge is 2.63. The summed E-state index contributed by atoms with van der Waals surface area (Å²) in [6.07, 6.45) is -5.50. The van der Waals surface area contributed by atoms with E-state index in [4.69, 9.17) is 24.4 Å². The molecule has 0 bridgehead atoms. The van der Waals surface area contributed by atoms with E-state index in [2.05, 4.69) is 4.99 Å². The number of fused-ring (bicyclic) bond motifs is 1. The number of aliphatic hydroxyl groups is 1. The Bertz CT molecular complexity index is 903. The van der Waals surface area contributed by atoms with Crippen LogP contribution in [0.3, 0.4) is 0 Å². The number of aliphatic imine (C=N–C) groups is 1. The molecule has 3 amide bonds. The Morgan fingerprint density at radius 1 is 1.16 bits per heavy atom. The summed E-state index contributed by atoms with van der Waals surface area (Å²) >= 11 is 0. The van der Waals surface area contributed by atoms with Crippen LogP contribution in [0, 0.1) is 5.41 Å². The van der Waals surface area contributed by atoms with Crippen LogP contribution in [-0.2, 0) is 38.1 Å². The van der Waals surface area contributed by atoms with E-state index in [-0.39, 0.29) is 0 Å². The second-order valence-electron chi connectivity index (χ2n) is 6.76. The second-order valence-corrected chi connectivity index (χ2v) is 6.76. The summed E-state index contributed by atoms with van der Waals surface area (Å²) in [5, 5.41) is 22.1. The van der Waals surface area contributed by atoms with Crippen molar-refractivity contribution < 1.29 is 48.0 Å². The van der Waals surface area contributed by atoms with Crippen molar-refractivity contribution in [2.24, 2.45) is 4.99 Å². The van der Waals surface area contributed by atoms with Gasteiger partial charge in [0.15, 0.2) is 24.3 Å². The zero-order chi connectivity index (χ0) is 23.1. The van der Waals surface area contributed by atoms with Gasteiger partial charge in [-0.3, -0.25) is 35.2 Å². The molecule has 2 saturated heterocycles. The first kappa shape index (κ1) is 22.1. The van der Waals surface area contributed by atoms with Gasteiger partial charge in [-0.2, -0.15) is 4.99 Å². The highest BCUT2D eigenvalue weighted by Crippen LogP contribution is 2.34. The van der Waals surface area contributed by atoms with Crippen LogP contribution in [0.15, 0.2) is 4.99 Å². The molecule has 31 heavy (non-hydrogen) atoms. The lowest BCUT2D eigenvalue weighted by Crippen LogP contribution is -2.63. The maximum absolute atomic E-state index is 12.6. The largest absolute Gasteiger partial charge is 0.463 e. The van der Waals surface area contributed by atoms with Crippen molar-refractivity contribution in [3.8, 4) is 0 Å². The summed E-state index contributed by atoms with van der Waals surface area (Å²) in [7, 11) is 0. The van der Waals surface area contributed by atoms with Gasteiger partial charge in [0.25, 0.3) is 11.6 Å². The first-order valence-corrected chi connectivity index (χ1v) is 8.90. The lowest BCUT2D eigenvalue weighted by Gasteiger charge is -2.31. The van der Waals surface area contributed by atoms with Crippen LogP contribution in [0.25, 0.3) is 0 Å². The van der Waals surface area contributed by atoms with Gasteiger partial charge in [0.05, 0.1) is 0 Å². The number of esters is 3. The number of carbonyl (C=O) groups is 5. The van der Waals surface area contributed by atoms with Crippen molar-refractivity contribution >= 4 is 41.6 Å². The summed E-state index contributed by atoms with van der Waals surface area (Å²) in [5.74, 6) is -4.70. The standard InChI is InChI=1S/C16H19N5O10/c1-5(22)28-4-8-9(29-6(2)23)10(30-7(3)24)11(31-8)21-12-16(27,20-15(21)26)13(25)19-14(17)18-12/h8-11,27H,4H2,1-3H3,(H,20,26)(H2,17,19,25)/t8-,9-,10-,11-,16?/m1/s1/i27+2. The first-order valence-electron chi connectivity index (χ1n) is 8.90. The van der Waals surface area contributed by atoms with Crippen molar-refractivity contribution in [3.63, 3.8) is 0 Å². The van der Waals surface area contributed by atoms with Crippen LogP contribution in [0.5, 0.6) is 0 Å². The average Bonchev–Trinajstić information content (AvgIpc) is 3.07. The molecule has 168 valence electrons. The van der Waals surface area contributed by atoms with Gasteiger partial charge in [0, 0.05) is 20.8 Å². The summed E-state index contributed by atoms with van der Waals surface area (Å²) < 4.78 is 21.0. The molecule has 0 aromatic carbocycles. The minimum Gasteiger partial charge on any atom is -0.463 e. The van der Waals surface area contributed by atoms with E-state index < -0.39 is 78.5 Å². The van der Waals surface area contributed by atoms with E-state index in [1.807, 2.05) is 10.6 Å². The Hall–Kier alpha value is -3.59. The predicted octanol–water partition coefficient (Wildman–Crippen LogP) is -2.69. The predicted molar refractivity (Wildman–Crippen MR) is 95.0 cm³/mol. The minimum atomic E-state index is -2.61. The van der Waals surface area contributed by atoms with E-state index >= 15 is 0 Å². The lowest BCUT2D eigenvalue weighted by atomic mass is 10.1. The molecule has 0 saturated carbocycles. The number of nitrogens with one attached hydrogen (secondary N) is 3. The highest BCUT2D eigenvalue weighted by atomic mass is 18.2. The molecule has 0 aromatic rings. The Kier molecular flexibility index (Phi) is 5.64. The fourth-order valence-corrected chi connectivity index (χ4v) is 3.30. The Labute approximate surface area is 174 Å². The summed E-state index contributed by atoms with van der Waals surface area (Å²) in [4.78, 5) is 63.7. The fourth-order valence-electron chi connectivity index (χ4n) is 3.30. The fraction of sp³-hybridized carbons (Fsp3) is 0.562. The van der Waals surface area contributed by atoms with Gasteiger partial charge in [-0.05, 0) is 0 Å². The van der Waals surface area contributed by atoms with Gasteiger partial charge < -0.3 is 24.1 Å². The van der Waals surface area contributed by atoms with Gasteiger partial charge in [-0.15, -0.1) is 0 Å². The third-order valence-electron chi connectivity index (χ3n) is 4.43. The van der Waals surface area contributed by atoms with Gasteiger partial charge in [-0.1, -0.05) is 0 Å². The van der Waals surface area contributed by atoms with Crippen molar-refractivity contribution in [2.45, 2.75) is 51.0 Å². The molecule has 4 N–H and O–H groups in total. The molecule has 15 heteroatoms. The van der Waals surface area contributed by atoms with Crippen molar-refractivity contribution in [1.29, 1.82) is 5.41 Å². The van der Waals surface area contributed by atoms with Gasteiger partial charge >= 0.3 is 23.9 Å². The minimum absolute atomic E-state index is 0.427. The van der Waals surface area contributed by atoms with Crippen LogP contribution in [0.1, 0.15) is 20.8 Å². The van der Waals surface area contributed by atoms with E-state index in [0.29, 0.717) is 4.90 Å². The van der Waals surface area contributed by atoms with Crippen molar-refractivity contribution in [2.75, 3.05) is 6.61 Å². The van der Waals surface area contributed by atoms with Gasteiger partial charge in [0.1, 0.15) is 12.7 Å². The summed E-state index contributed by atoms with van der Waals surface area (Å²) in [5.41, 5.74) is -2.61. The zero-order valence-electron chi connectivity index (χ0n) is 16.5. The molecule has 3 aliphatic heterocycles. The molecule has 0 aromatic heterocycles. The van der Waals surface area contributed by atoms with Crippen LogP contribution < -0.4 is 10.6 Å². The van der Waals surface area contributed by atoms with E-state index in [1.165, 1.54) is 0 Å². The normalized spacial score (nSPS) is 31.9. The Morgan fingerprint density at radius 3 is 2.35 bits per heavy atom. The van der Waals surface area contributed by atoms with E-state index in [1.54, 1.807) is 0 Å². The van der Waals surface area contributed by atoms with Crippen LogP contribution in [0.2, 0.25) is 0 Å². The monoisotopic (exact) mass is 443 g/mol. The lowest BCUT2D eigenvalue weighted by molar-refractivity contribution is -0.166. The smallest absolute Gasteiger partial charge is 0.328 e. The van der Waals surface area contributed by atoms with E-state index in [9.17, 15) is 29.1 Å². The average molecular weight is 443 g/mol. The molecular weight excluding hydrogens is 424 g/mol. The topological polar surface area (TPSA) is 206 Å². The number of rotatable bonds is 5. The number of amidine groups is 1. The molecule has 3 heterocycles. The molecule has 0 spiro atoms. The highest BCUT2D eigenvalue weighted by molar-refractivity contribution is 6.28. The number of hydrogen-bond acceptors (Lipinski definition) is 11. The number of ether oxygens (including phenoxy) is 4. The summed E-state index contributed by atoms with van der Waals surface area (Å²) in [6, 6.07) is -1.07. The first-order chi connectivity index (χ1) is 14.4. The van der Waals surface area contributed by atoms with Gasteiger partial charge in [-0.25, -0.2) is 9.69 Å². The summed E-state index contributed by atoms with van der Waals surface area (Å²) in [6.45, 7) is 2.85. The zero-order valence-corrected chi connectivity index (χ0v) is 16.5. The maximum atomic E-state index is 12.6. The molecule has 5 atom stereocenters. The van der Waals surface area contributed by atoms with Crippen molar-refractivity contribution in [1.82, 2.24) is 15.5 Å². The molecule has 1 unspecified atom stereocenters. The Balaban J connectivity index is 2.02. The Morgan fingerprint density at radius 2 is 1.77 bits per heavy atom. The van der Waals surface area contributed by atoms with Crippen LogP contribution in [0.4, 0.5) is 4.79 Å². The quantitative estimate of drug-likeness (QED) is 0.197. The van der Waals surface area contributed by atoms with E-state index in [0.717, 1.165) is 20.8 Å². The number of hydrogen-bond donors (Lipinski definition) is 4. The number of guanidine groups is 1. The van der Waals surface area contributed by atoms with Crippen LogP contribution >= 0.6 is 0 Å². The third kappa shape index (κ3) is 4.04. The maximum Gasteiger partial charge on any atom is 0.328 e. The van der Waals surface area contributed by atoms with Crippen LogP contribution in [-0.4, -0.2) is 88.5 Å². The molecule has 2 fully saturated rings. The van der Waals surface area contributed by atoms with Crippen molar-refractivity contribution in [3.05, 3.63) is 0 Å².